The van der Waals surface area contributed by atoms with Crippen LogP contribution in [0, 0.1) is 18.7 Å². The number of nitrogens with one attached hydrogen (secondary N) is 1. The van der Waals surface area contributed by atoms with Crippen LogP contribution < -0.4 is 10.3 Å². The van der Waals surface area contributed by atoms with Crippen LogP contribution in [0.15, 0.2) is 53.6 Å². The van der Waals surface area contributed by atoms with Crippen LogP contribution in [0.1, 0.15) is 44.2 Å². The summed E-state index contributed by atoms with van der Waals surface area (Å²) >= 11 is 0. The van der Waals surface area contributed by atoms with Crippen LogP contribution in [0.3, 0.4) is 0 Å². The Morgan fingerprint density at radius 1 is 1.26 bits per heavy atom. The number of ether oxygens (including phenoxy) is 1. The third kappa shape index (κ3) is 4.79. The van der Waals surface area contributed by atoms with E-state index in [4.69, 9.17) is 9.84 Å². The van der Waals surface area contributed by atoms with E-state index in [-0.39, 0.29) is 17.6 Å². The van der Waals surface area contributed by atoms with Gasteiger partial charge in [0.25, 0.3) is 0 Å². The second-order valence-electron chi connectivity index (χ2n) is 8.23. The molecule has 31 heavy (non-hydrogen) atoms. The lowest BCUT2D eigenvalue weighted by molar-refractivity contribution is -0.127. The van der Waals surface area contributed by atoms with Crippen molar-refractivity contribution in [1.82, 2.24) is 5.32 Å². The quantitative estimate of drug-likeness (QED) is 0.593. The molecule has 0 saturated carbocycles. The lowest BCUT2D eigenvalue weighted by atomic mass is 9.77. The summed E-state index contributed by atoms with van der Waals surface area (Å²) < 4.78 is 18.7. The molecule has 166 valence electrons. The second kappa shape index (κ2) is 10.1. The molecule has 2 aromatic rings. The van der Waals surface area contributed by atoms with Gasteiger partial charge in [0, 0.05) is 19.6 Å². The molecule has 1 heterocycles. The summed E-state index contributed by atoms with van der Waals surface area (Å²) in [5.74, 6) is -0.517. The zero-order valence-corrected chi connectivity index (χ0v) is 18.8. The van der Waals surface area contributed by atoms with Gasteiger partial charge in [-0.2, -0.15) is 5.10 Å². The minimum absolute atomic E-state index is 0.0898. The minimum Gasteiger partial charge on any atom is -0.383 e. The number of methoxy groups -OCH3 is 1. The first-order chi connectivity index (χ1) is 14.9. The van der Waals surface area contributed by atoms with Gasteiger partial charge in [-0.15, -0.1) is 0 Å². The molecule has 0 fully saturated rings. The smallest absolute Gasteiger partial charge is 0.248 e. The third-order valence-electron chi connectivity index (χ3n) is 5.94. The van der Waals surface area contributed by atoms with Crippen molar-refractivity contribution >= 4 is 17.3 Å². The van der Waals surface area contributed by atoms with E-state index >= 15 is 0 Å². The highest BCUT2D eigenvalue weighted by molar-refractivity contribution is 6.10. The number of benzene rings is 2. The van der Waals surface area contributed by atoms with Crippen LogP contribution in [-0.4, -0.2) is 37.4 Å². The van der Waals surface area contributed by atoms with Gasteiger partial charge in [0.05, 0.1) is 18.0 Å². The Balaban J connectivity index is 2.10. The first kappa shape index (κ1) is 22.9. The van der Waals surface area contributed by atoms with E-state index in [2.05, 4.69) is 12.2 Å². The van der Waals surface area contributed by atoms with E-state index in [1.54, 1.807) is 19.2 Å². The zero-order chi connectivity index (χ0) is 22.4. The maximum Gasteiger partial charge on any atom is 0.248 e. The van der Waals surface area contributed by atoms with Crippen molar-refractivity contribution in [3.8, 4) is 0 Å². The molecule has 1 aliphatic rings. The predicted octanol–water partition coefficient (Wildman–Crippen LogP) is 4.69. The fraction of sp³-hybridized carbons (Fsp3) is 0.440. The van der Waals surface area contributed by atoms with Gasteiger partial charge in [0.15, 0.2) is 0 Å². The van der Waals surface area contributed by atoms with E-state index < -0.39 is 5.54 Å². The third-order valence-corrected chi connectivity index (χ3v) is 5.94. The molecule has 0 radical (unpaired) electrons. The molecule has 2 unspecified atom stereocenters. The van der Waals surface area contributed by atoms with Crippen LogP contribution in [0.5, 0.6) is 0 Å². The first-order valence-corrected chi connectivity index (χ1v) is 10.9. The van der Waals surface area contributed by atoms with Crippen molar-refractivity contribution in [2.24, 2.45) is 11.0 Å². The van der Waals surface area contributed by atoms with Gasteiger partial charge >= 0.3 is 0 Å². The van der Waals surface area contributed by atoms with Crippen LogP contribution in [0.4, 0.5) is 10.1 Å². The SMILES string of the molecule is CCCCC1C(c2ccc(F)cc2)=NN(c2cccc(C)c2)C1(C)C(=O)NCCOC. The summed E-state index contributed by atoms with van der Waals surface area (Å²) in [7, 11) is 1.61. The lowest BCUT2D eigenvalue weighted by Crippen LogP contribution is -2.58. The van der Waals surface area contributed by atoms with Crippen LogP contribution >= 0.6 is 0 Å². The molecule has 2 atom stereocenters. The van der Waals surface area contributed by atoms with Gasteiger partial charge in [-0.05, 0) is 55.7 Å². The predicted molar refractivity (Wildman–Crippen MR) is 123 cm³/mol. The number of aryl methyl sites for hydroxylation is 1. The number of carbonyl (C=O) groups is 1. The zero-order valence-electron chi connectivity index (χ0n) is 18.8. The highest BCUT2D eigenvalue weighted by Gasteiger charge is 2.53. The monoisotopic (exact) mass is 425 g/mol. The van der Waals surface area contributed by atoms with Crippen molar-refractivity contribution in [3.05, 3.63) is 65.5 Å². The van der Waals surface area contributed by atoms with E-state index in [9.17, 15) is 9.18 Å². The lowest BCUT2D eigenvalue weighted by Gasteiger charge is -2.37. The van der Waals surface area contributed by atoms with Crippen LogP contribution in [-0.2, 0) is 9.53 Å². The molecule has 5 nitrogen and oxygen atoms in total. The van der Waals surface area contributed by atoms with Crippen LogP contribution in [0.25, 0.3) is 0 Å². The molecule has 0 bridgehead atoms. The summed E-state index contributed by atoms with van der Waals surface area (Å²) in [6.45, 7) is 6.99. The molecule has 0 aliphatic carbocycles. The van der Waals surface area contributed by atoms with E-state index in [0.29, 0.717) is 13.2 Å². The first-order valence-electron chi connectivity index (χ1n) is 10.9. The van der Waals surface area contributed by atoms with E-state index in [0.717, 1.165) is 41.8 Å². The van der Waals surface area contributed by atoms with Gasteiger partial charge < -0.3 is 10.1 Å². The molecule has 3 rings (SSSR count). The summed E-state index contributed by atoms with van der Waals surface area (Å²) in [6.07, 6.45) is 2.79. The number of halogens is 1. The second-order valence-corrected chi connectivity index (χ2v) is 8.23. The van der Waals surface area contributed by atoms with Gasteiger partial charge in [0.1, 0.15) is 11.4 Å². The molecular formula is C25H32FN3O2. The highest BCUT2D eigenvalue weighted by atomic mass is 19.1. The van der Waals surface area contributed by atoms with Gasteiger partial charge in [-0.1, -0.05) is 44.0 Å². The Hall–Kier alpha value is -2.73. The van der Waals surface area contributed by atoms with E-state index in [1.165, 1.54) is 12.1 Å². The number of nitrogens with zero attached hydrogens (tertiary/aromatic N) is 2. The molecule has 0 saturated heterocycles. The molecule has 1 aliphatic heterocycles. The van der Waals surface area contributed by atoms with Crippen molar-refractivity contribution in [2.45, 2.75) is 45.6 Å². The number of anilines is 1. The number of carbonyl (C=O) groups excluding carboxylic acids is 1. The fourth-order valence-electron chi connectivity index (χ4n) is 4.19. The average Bonchev–Trinajstić information content (AvgIpc) is 3.06. The van der Waals surface area contributed by atoms with Crippen molar-refractivity contribution in [2.75, 3.05) is 25.3 Å². The highest BCUT2D eigenvalue weighted by Crippen LogP contribution is 2.42. The van der Waals surface area contributed by atoms with Crippen molar-refractivity contribution in [1.29, 1.82) is 0 Å². The van der Waals surface area contributed by atoms with Gasteiger partial charge in [-0.3, -0.25) is 4.79 Å². The number of hydrogen-bond acceptors (Lipinski definition) is 4. The molecule has 1 amide bonds. The Bertz CT molecular complexity index is 929. The van der Waals surface area contributed by atoms with E-state index in [1.807, 2.05) is 43.1 Å². The molecule has 1 N–H and O–H groups in total. The Labute approximate surface area is 184 Å². The summed E-state index contributed by atoms with van der Waals surface area (Å²) in [4.78, 5) is 13.6. The van der Waals surface area contributed by atoms with Gasteiger partial charge in [-0.25, -0.2) is 9.40 Å². The number of hydrogen-bond donors (Lipinski definition) is 1. The Morgan fingerprint density at radius 2 is 2.00 bits per heavy atom. The average molecular weight is 426 g/mol. The van der Waals surface area contributed by atoms with Crippen molar-refractivity contribution < 1.29 is 13.9 Å². The Kier molecular flexibility index (Phi) is 7.44. The Morgan fingerprint density at radius 3 is 2.65 bits per heavy atom. The van der Waals surface area contributed by atoms with Crippen LogP contribution in [0.2, 0.25) is 0 Å². The topological polar surface area (TPSA) is 53.9 Å². The summed E-state index contributed by atoms with van der Waals surface area (Å²) in [5.41, 5.74) is 2.70. The number of hydrazone groups is 1. The molecule has 0 aromatic heterocycles. The standard InChI is InChI=1S/C25H32FN3O2/c1-5-6-10-22-23(19-11-13-20(26)14-12-19)28-29(21-9-7-8-18(2)17-21)25(22,3)24(30)27-15-16-31-4/h7-9,11-14,17,22H,5-6,10,15-16H2,1-4H3,(H,27,30). The summed E-state index contributed by atoms with van der Waals surface area (Å²) in [6, 6.07) is 14.4. The number of rotatable bonds is 9. The van der Waals surface area contributed by atoms with Gasteiger partial charge in [0.2, 0.25) is 5.91 Å². The molecular weight excluding hydrogens is 393 g/mol. The fourth-order valence-corrected chi connectivity index (χ4v) is 4.19. The largest absolute Gasteiger partial charge is 0.383 e. The molecule has 2 aromatic carbocycles. The normalized spacial score (nSPS) is 20.6. The molecule has 6 heteroatoms. The number of amides is 1. The summed E-state index contributed by atoms with van der Waals surface area (Å²) in [5, 5.41) is 9.85. The molecule has 0 spiro atoms. The maximum atomic E-state index is 13.6. The minimum atomic E-state index is -0.916. The van der Waals surface area contributed by atoms with Crippen molar-refractivity contribution in [3.63, 3.8) is 0 Å². The maximum absolute atomic E-state index is 13.6. The number of unbranched alkanes of at least 4 members (excludes halogenated alkanes) is 1.